The van der Waals surface area contributed by atoms with E-state index < -0.39 is 0 Å². The number of hydrogen-bond donors (Lipinski definition) is 1. The lowest BCUT2D eigenvalue weighted by Gasteiger charge is -2.30. The lowest BCUT2D eigenvalue weighted by Crippen LogP contribution is -2.38. The average molecular weight is 326 g/mol. The second-order valence-electron chi connectivity index (χ2n) is 6.26. The van der Waals surface area contributed by atoms with E-state index in [0.717, 1.165) is 31.5 Å². The molecular formula is C20H23FN2O. The smallest absolute Gasteiger partial charge is 0.246 e. The van der Waals surface area contributed by atoms with Gasteiger partial charge in [0.2, 0.25) is 5.91 Å². The van der Waals surface area contributed by atoms with Crippen molar-refractivity contribution in [1.29, 1.82) is 0 Å². The number of likely N-dealkylation sites (tertiary alicyclic amines) is 1. The molecule has 126 valence electrons. The fourth-order valence-corrected chi connectivity index (χ4v) is 3.26. The standard InChI is InChI=1S/C20H23FN2O/c21-17-10-12-18(13-11-17)22-20(24)19(16-8-4-3-5-9-16)23-14-6-1-2-7-15-23/h3-5,8-13,19H,1-2,6-7,14-15H2,(H,22,24). The number of amides is 1. The van der Waals surface area contributed by atoms with Gasteiger partial charge in [-0.05, 0) is 55.8 Å². The Bertz CT molecular complexity index is 649. The first-order valence-electron chi connectivity index (χ1n) is 8.59. The second-order valence-corrected chi connectivity index (χ2v) is 6.26. The highest BCUT2D eigenvalue weighted by atomic mass is 19.1. The van der Waals surface area contributed by atoms with Crippen molar-refractivity contribution < 1.29 is 9.18 Å². The molecule has 0 bridgehead atoms. The number of halogens is 1. The quantitative estimate of drug-likeness (QED) is 0.904. The molecule has 3 nitrogen and oxygen atoms in total. The number of rotatable bonds is 4. The zero-order valence-corrected chi connectivity index (χ0v) is 13.7. The number of carbonyl (C=O) groups is 1. The third kappa shape index (κ3) is 4.20. The van der Waals surface area contributed by atoms with Crippen molar-refractivity contribution in [3.05, 3.63) is 66.0 Å². The van der Waals surface area contributed by atoms with Gasteiger partial charge in [0.15, 0.2) is 0 Å². The van der Waals surface area contributed by atoms with Crippen molar-refractivity contribution in [3.63, 3.8) is 0 Å². The van der Waals surface area contributed by atoms with Crippen LogP contribution in [0.5, 0.6) is 0 Å². The number of nitrogens with one attached hydrogen (secondary N) is 1. The highest BCUT2D eigenvalue weighted by Gasteiger charge is 2.28. The Hall–Kier alpha value is -2.20. The van der Waals surface area contributed by atoms with Crippen molar-refractivity contribution in [2.75, 3.05) is 18.4 Å². The zero-order chi connectivity index (χ0) is 16.8. The van der Waals surface area contributed by atoms with E-state index in [-0.39, 0.29) is 17.8 Å². The number of benzene rings is 2. The van der Waals surface area contributed by atoms with Gasteiger partial charge in [-0.3, -0.25) is 9.69 Å². The van der Waals surface area contributed by atoms with Crippen LogP contribution in [0.4, 0.5) is 10.1 Å². The maximum absolute atomic E-state index is 13.1. The van der Waals surface area contributed by atoms with Crippen LogP contribution in [0.25, 0.3) is 0 Å². The molecule has 1 amide bonds. The molecular weight excluding hydrogens is 303 g/mol. The lowest BCUT2D eigenvalue weighted by molar-refractivity contribution is -0.121. The molecule has 1 fully saturated rings. The molecule has 1 aliphatic heterocycles. The van der Waals surface area contributed by atoms with Crippen LogP contribution in [0, 0.1) is 5.82 Å². The van der Waals surface area contributed by atoms with Crippen LogP contribution in [0.3, 0.4) is 0 Å². The summed E-state index contributed by atoms with van der Waals surface area (Å²) in [5.41, 5.74) is 1.62. The van der Waals surface area contributed by atoms with Gasteiger partial charge in [-0.15, -0.1) is 0 Å². The highest BCUT2D eigenvalue weighted by molar-refractivity contribution is 5.95. The fourth-order valence-electron chi connectivity index (χ4n) is 3.26. The molecule has 24 heavy (non-hydrogen) atoms. The Kier molecular flexibility index (Phi) is 5.59. The maximum atomic E-state index is 13.1. The molecule has 0 aliphatic carbocycles. The van der Waals surface area contributed by atoms with Crippen LogP contribution in [0.1, 0.15) is 37.3 Å². The summed E-state index contributed by atoms with van der Waals surface area (Å²) in [4.78, 5) is 15.2. The van der Waals surface area contributed by atoms with Crippen molar-refractivity contribution in [2.24, 2.45) is 0 Å². The molecule has 1 aliphatic rings. The zero-order valence-electron chi connectivity index (χ0n) is 13.7. The largest absolute Gasteiger partial charge is 0.324 e. The Morgan fingerprint density at radius 1 is 0.917 bits per heavy atom. The highest BCUT2D eigenvalue weighted by Crippen LogP contribution is 2.26. The Balaban J connectivity index is 1.82. The number of hydrogen-bond acceptors (Lipinski definition) is 2. The minimum absolute atomic E-state index is 0.0605. The monoisotopic (exact) mass is 326 g/mol. The summed E-state index contributed by atoms with van der Waals surface area (Å²) in [5, 5.41) is 2.94. The Labute approximate surface area is 142 Å². The summed E-state index contributed by atoms with van der Waals surface area (Å²) in [6, 6.07) is 15.5. The first-order chi connectivity index (χ1) is 11.7. The van der Waals surface area contributed by atoms with Gasteiger partial charge in [-0.1, -0.05) is 43.2 Å². The third-order valence-electron chi connectivity index (χ3n) is 4.48. The van der Waals surface area contributed by atoms with E-state index in [9.17, 15) is 9.18 Å². The van der Waals surface area contributed by atoms with Gasteiger partial charge in [0.05, 0.1) is 0 Å². The molecule has 1 unspecified atom stereocenters. The number of carbonyl (C=O) groups excluding carboxylic acids is 1. The Morgan fingerprint density at radius 2 is 1.54 bits per heavy atom. The summed E-state index contributed by atoms with van der Waals surface area (Å²) >= 11 is 0. The topological polar surface area (TPSA) is 32.3 Å². The van der Waals surface area contributed by atoms with Crippen molar-refractivity contribution >= 4 is 11.6 Å². The maximum Gasteiger partial charge on any atom is 0.246 e. The molecule has 2 aromatic rings. The van der Waals surface area contributed by atoms with Crippen LogP contribution < -0.4 is 5.32 Å². The van der Waals surface area contributed by atoms with Crippen LogP contribution in [-0.2, 0) is 4.79 Å². The molecule has 0 saturated carbocycles. The van der Waals surface area contributed by atoms with E-state index >= 15 is 0 Å². The van der Waals surface area contributed by atoms with E-state index in [2.05, 4.69) is 10.2 Å². The minimum atomic E-state index is -0.311. The van der Waals surface area contributed by atoms with Crippen molar-refractivity contribution in [3.8, 4) is 0 Å². The molecule has 2 aromatic carbocycles. The summed E-state index contributed by atoms with van der Waals surface area (Å²) in [6.07, 6.45) is 4.68. The Morgan fingerprint density at radius 3 is 2.17 bits per heavy atom. The first-order valence-corrected chi connectivity index (χ1v) is 8.59. The van der Waals surface area contributed by atoms with E-state index in [1.165, 1.54) is 25.0 Å². The van der Waals surface area contributed by atoms with Gasteiger partial charge in [-0.25, -0.2) is 4.39 Å². The van der Waals surface area contributed by atoms with Gasteiger partial charge in [-0.2, -0.15) is 0 Å². The first kappa shape index (κ1) is 16.7. The predicted molar refractivity (Wildman–Crippen MR) is 94.3 cm³/mol. The molecule has 1 saturated heterocycles. The summed E-state index contributed by atoms with van der Waals surface area (Å²) in [6.45, 7) is 1.85. The second kappa shape index (κ2) is 8.06. The minimum Gasteiger partial charge on any atom is -0.324 e. The average Bonchev–Trinajstić information content (AvgIpc) is 2.87. The summed E-state index contributed by atoms with van der Waals surface area (Å²) in [5.74, 6) is -0.366. The molecule has 1 heterocycles. The molecule has 4 heteroatoms. The molecule has 0 radical (unpaired) electrons. The molecule has 1 atom stereocenters. The van der Waals surface area contributed by atoms with E-state index in [1.54, 1.807) is 12.1 Å². The lowest BCUT2D eigenvalue weighted by atomic mass is 10.0. The van der Waals surface area contributed by atoms with Crippen molar-refractivity contribution in [2.45, 2.75) is 31.7 Å². The van der Waals surface area contributed by atoms with Gasteiger partial charge in [0, 0.05) is 5.69 Å². The van der Waals surface area contributed by atoms with E-state index in [1.807, 2.05) is 30.3 Å². The van der Waals surface area contributed by atoms with Gasteiger partial charge in [0.1, 0.15) is 11.9 Å². The number of nitrogens with zero attached hydrogens (tertiary/aromatic N) is 1. The van der Waals surface area contributed by atoms with Crippen LogP contribution in [-0.4, -0.2) is 23.9 Å². The van der Waals surface area contributed by atoms with Gasteiger partial charge >= 0.3 is 0 Å². The van der Waals surface area contributed by atoms with E-state index in [0.29, 0.717) is 5.69 Å². The van der Waals surface area contributed by atoms with Crippen LogP contribution >= 0.6 is 0 Å². The normalized spacial score (nSPS) is 17.0. The molecule has 1 N–H and O–H groups in total. The predicted octanol–water partition coefficient (Wildman–Crippen LogP) is 4.38. The van der Waals surface area contributed by atoms with E-state index in [4.69, 9.17) is 0 Å². The van der Waals surface area contributed by atoms with Gasteiger partial charge < -0.3 is 5.32 Å². The molecule has 0 spiro atoms. The van der Waals surface area contributed by atoms with Crippen LogP contribution in [0.2, 0.25) is 0 Å². The molecule has 3 rings (SSSR count). The fraction of sp³-hybridized carbons (Fsp3) is 0.350. The third-order valence-corrected chi connectivity index (χ3v) is 4.48. The SMILES string of the molecule is O=C(Nc1ccc(F)cc1)C(c1ccccc1)N1CCCCCC1. The van der Waals surface area contributed by atoms with Gasteiger partial charge in [0.25, 0.3) is 0 Å². The van der Waals surface area contributed by atoms with Crippen LogP contribution in [0.15, 0.2) is 54.6 Å². The molecule has 0 aromatic heterocycles. The number of anilines is 1. The summed E-state index contributed by atoms with van der Waals surface area (Å²) < 4.78 is 13.1. The summed E-state index contributed by atoms with van der Waals surface area (Å²) in [7, 11) is 0. The van der Waals surface area contributed by atoms with Crippen molar-refractivity contribution in [1.82, 2.24) is 4.90 Å².